The highest BCUT2D eigenvalue weighted by Gasteiger charge is 2.35. The maximum atomic E-state index is 12.6. The summed E-state index contributed by atoms with van der Waals surface area (Å²) >= 11 is 0. The predicted octanol–water partition coefficient (Wildman–Crippen LogP) is 0.990. The first-order valence-corrected chi connectivity index (χ1v) is 8.16. The lowest BCUT2D eigenvalue weighted by Crippen LogP contribution is -2.42. The fourth-order valence-electron chi connectivity index (χ4n) is 2.52. The van der Waals surface area contributed by atoms with Crippen LogP contribution in [0.2, 0.25) is 0 Å². The molecule has 0 bridgehead atoms. The number of aliphatic carboxylic acids is 1. The van der Waals surface area contributed by atoms with Gasteiger partial charge in [-0.25, -0.2) is 13.4 Å². The summed E-state index contributed by atoms with van der Waals surface area (Å²) in [5.41, 5.74) is 0. The summed E-state index contributed by atoms with van der Waals surface area (Å²) in [6, 6.07) is -0.232. The van der Waals surface area contributed by atoms with E-state index in [9.17, 15) is 13.2 Å². The molecule has 0 saturated heterocycles. The normalized spacial score (nSPS) is 16.9. The van der Waals surface area contributed by atoms with Gasteiger partial charge >= 0.3 is 5.97 Å². The first kappa shape index (κ1) is 15.0. The van der Waals surface area contributed by atoms with Crippen LogP contribution in [0.3, 0.4) is 0 Å². The molecular formula is C12H19N3O4S. The third-order valence-electron chi connectivity index (χ3n) is 3.55. The Hall–Kier alpha value is -1.41. The van der Waals surface area contributed by atoms with E-state index in [1.54, 1.807) is 0 Å². The van der Waals surface area contributed by atoms with Crippen LogP contribution in [0, 0.1) is 0 Å². The van der Waals surface area contributed by atoms with Gasteiger partial charge in [-0.15, -0.1) is 0 Å². The molecule has 1 aromatic rings. The van der Waals surface area contributed by atoms with Gasteiger partial charge in [0.25, 0.3) is 10.0 Å². The highest BCUT2D eigenvalue weighted by molar-refractivity contribution is 7.89. The molecule has 7 nitrogen and oxygen atoms in total. The Kier molecular flexibility index (Phi) is 4.44. The Morgan fingerprint density at radius 2 is 2.15 bits per heavy atom. The number of nitrogens with one attached hydrogen (secondary N) is 1. The monoisotopic (exact) mass is 301 g/mol. The van der Waals surface area contributed by atoms with Crippen molar-refractivity contribution in [3.8, 4) is 0 Å². The standard InChI is InChI=1S/C12H19N3O4S/c1-2-10-13-7-11(14-10)20(18,19)15(8-12(16)17)9-5-3-4-6-9/h7,9H,2-6,8H2,1H3,(H,13,14)(H,16,17). The van der Waals surface area contributed by atoms with Crippen molar-refractivity contribution in [1.29, 1.82) is 0 Å². The number of H-pyrrole nitrogens is 1. The van der Waals surface area contributed by atoms with Crippen molar-refractivity contribution in [3.63, 3.8) is 0 Å². The zero-order valence-electron chi connectivity index (χ0n) is 11.4. The second-order valence-corrected chi connectivity index (χ2v) is 6.79. The molecule has 1 heterocycles. The molecule has 2 N–H and O–H groups in total. The number of nitrogens with zero attached hydrogens (tertiary/aromatic N) is 2. The predicted molar refractivity (Wildman–Crippen MR) is 71.7 cm³/mol. The lowest BCUT2D eigenvalue weighted by Gasteiger charge is -2.25. The van der Waals surface area contributed by atoms with Crippen LogP contribution in [0.1, 0.15) is 38.4 Å². The smallest absolute Gasteiger partial charge is 0.318 e. The first-order chi connectivity index (χ1) is 9.45. The van der Waals surface area contributed by atoms with Gasteiger partial charge in [0.1, 0.15) is 12.4 Å². The molecule has 8 heteroatoms. The Bertz CT molecular complexity index is 575. The van der Waals surface area contributed by atoms with Crippen LogP contribution in [-0.2, 0) is 21.2 Å². The zero-order chi connectivity index (χ0) is 14.8. The van der Waals surface area contributed by atoms with Crippen LogP contribution in [-0.4, -0.2) is 46.4 Å². The minimum atomic E-state index is -3.83. The molecule has 0 atom stereocenters. The minimum Gasteiger partial charge on any atom is -0.480 e. The molecule has 2 rings (SSSR count). The molecular weight excluding hydrogens is 282 g/mol. The highest BCUT2D eigenvalue weighted by Crippen LogP contribution is 2.28. The van der Waals surface area contributed by atoms with Crippen LogP contribution >= 0.6 is 0 Å². The van der Waals surface area contributed by atoms with Crippen molar-refractivity contribution in [2.45, 2.75) is 50.1 Å². The van der Waals surface area contributed by atoms with Gasteiger partial charge in [0.05, 0.1) is 6.20 Å². The Balaban J connectivity index is 2.32. The van der Waals surface area contributed by atoms with Gasteiger partial charge in [-0.05, 0) is 12.8 Å². The van der Waals surface area contributed by atoms with Crippen molar-refractivity contribution in [2.75, 3.05) is 6.54 Å². The molecule has 20 heavy (non-hydrogen) atoms. The molecule has 0 aromatic carbocycles. The molecule has 1 saturated carbocycles. The van der Waals surface area contributed by atoms with E-state index < -0.39 is 22.5 Å². The van der Waals surface area contributed by atoms with Crippen molar-refractivity contribution < 1.29 is 18.3 Å². The lowest BCUT2D eigenvalue weighted by atomic mass is 10.2. The van der Waals surface area contributed by atoms with E-state index in [2.05, 4.69) is 9.97 Å². The second kappa shape index (κ2) is 5.92. The quantitative estimate of drug-likeness (QED) is 0.815. The number of hydrogen-bond acceptors (Lipinski definition) is 4. The number of carboxylic acid groups (broad SMARTS) is 1. The second-order valence-electron chi connectivity index (χ2n) is 4.93. The molecule has 0 radical (unpaired) electrons. The van der Waals surface area contributed by atoms with Crippen LogP contribution in [0.4, 0.5) is 0 Å². The third kappa shape index (κ3) is 3.01. The van der Waals surface area contributed by atoms with Gasteiger partial charge in [0.2, 0.25) is 0 Å². The van der Waals surface area contributed by atoms with Crippen molar-refractivity contribution >= 4 is 16.0 Å². The number of hydrogen-bond donors (Lipinski definition) is 2. The highest BCUT2D eigenvalue weighted by atomic mass is 32.2. The van der Waals surface area contributed by atoms with Crippen LogP contribution in [0.5, 0.6) is 0 Å². The summed E-state index contributed by atoms with van der Waals surface area (Å²) in [5, 5.41) is 8.95. The van der Waals surface area contributed by atoms with E-state index in [0.717, 1.165) is 17.1 Å². The van der Waals surface area contributed by atoms with Gasteiger partial charge in [0.15, 0.2) is 5.03 Å². The number of carboxylic acids is 1. The Morgan fingerprint density at radius 1 is 1.50 bits per heavy atom. The van der Waals surface area contributed by atoms with Gasteiger partial charge in [-0.1, -0.05) is 19.8 Å². The van der Waals surface area contributed by atoms with E-state index in [0.29, 0.717) is 25.1 Å². The minimum absolute atomic E-state index is 0.0255. The lowest BCUT2D eigenvalue weighted by molar-refractivity contribution is -0.137. The summed E-state index contributed by atoms with van der Waals surface area (Å²) in [7, 11) is -3.83. The maximum Gasteiger partial charge on any atom is 0.318 e. The molecule has 1 aliphatic carbocycles. The molecule has 0 amide bonds. The summed E-state index contributed by atoms with van der Waals surface area (Å²) in [4.78, 5) is 17.7. The zero-order valence-corrected chi connectivity index (χ0v) is 12.2. The number of aromatic amines is 1. The van der Waals surface area contributed by atoms with Gasteiger partial charge in [0, 0.05) is 12.5 Å². The number of aryl methyl sites for hydroxylation is 1. The van der Waals surface area contributed by atoms with Crippen LogP contribution in [0.15, 0.2) is 11.2 Å². The van der Waals surface area contributed by atoms with Crippen molar-refractivity contribution in [1.82, 2.24) is 14.3 Å². The van der Waals surface area contributed by atoms with E-state index in [1.807, 2.05) is 6.92 Å². The van der Waals surface area contributed by atoms with Gasteiger partial charge in [-0.3, -0.25) is 4.79 Å². The fourth-order valence-corrected chi connectivity index (χ4v) is 4.09. The summed E-state index contributed by atoms with van der Waals surface area (Å²) in [6.07, 6.45) is 5.14. The molecule has 0 spiro atoms. The molecule has 112 valence electrons. The largest absolute Gasteiger partial charge is 0.480 e. The van der Waals surface area contributed by atoms with E-state index in [4.69, 9.17) is 5.11 Å². The summed E-state index contributed by atoms with van der Waals surface area (Å²) < 4.78 is 26.2. The fraction of sp³-hybridized carbons (Fsp3) is 0.667. The first-order valence-electron chi connectivity index (χ1n) is 6.72. The Morgan fingerprint density at radius 3 is 2.65 bits per heavy atom. The molecule has 0 aliphatic heterocycles. The van der Waals surface area contributed by atoms with Gasteiger partial charge < -0.3 is 10.1 Å². The average Bonchev–Trinajstić information content (AvgIpc) is 3.06. The number of rotatable bonds is 6. The molecule has 1 aliphatic rings. The van der Waals surface area contributed by atoms with Crippen LogP contribution < -0.4 is 0 Å². The number of carbonyl (C=O) groups is 1. The third-order valence-corrected chi connectivity index (χ3v) is 5.36. The van der Waals surface area contributed by atoms with Crippen molar-refractivity contribution in [3.05, 3.63) is 12.0 Å². The van der Waals surface area contributed by atoms with E-state index in [-0.39, 0.29) is 11.1 Å². The van der Waals surface area contributed by atoms with Gasteiger partial charge in [-0.2, -0.15) is 4.31 Å². The van der Waals surface area contributed by atoms with Crippen molar-refractivity contribution in [2.24, 2.45) is 0 Å². The van der Waals surface area contributed by atoms with E-state index in [1.165, 1.54) is 6.20 Å². The average molecular weight is 301 g/mol. The summed E-state index contributed by atoms with van der Waals surface area (Å²) in [5.74, 6) is -0.569. The number of imidazole rings is 1. The topological polar surface area (TPSA) is 103 Å². The molecule has 1 fully saturated rings. The molecule has 1 aromatic heterocycles. The Labute approximate surface area is 118 Å². The molecule has 0 unspecified atom stereocenters. The summed E-state index contributed by atoms with van der Waals surface area (Å²) in [6.45, 7) is 1.36. The van der Waals surface area contributed by atoms with E-state index >= 15 is 0 Å². The SMILES string of the molecule is CCc1ncc(S(=O)(=O)N(CC(=O)O)C2CCCC2)[nH]1. The maximum absolute atomic E-state index is 12.6. The number of sulfonamides is 1. The van der Waals surface area contributed by atoms with Crippen LogP contribution in [0.25, 0.3) is 0 Å². The number of aromatic nitrogens is 2.